The summed E-state index contributed by atoms with van der Waals surface area (Å²) < 4.78 is 5.50. The standard InChI is InChI=1S/C21H23N3O3/c1-15(24-11-10-19(3-2-12-25)27-21(24)26)17-5-7-18(8-6-17)20-9-4-16(13-22)14-23-20/h4-9,14-15,19,25H,2-3,10-12H2,1H3. The monoisotopic (exact) mass is 365 g/mol. The summed E-state index contributed by atoms with van der Waals surface area (Å²) in [6, 6.07) is 13.5. The number of carbonyl (C=O) groups is 1. The van der Waals surface area contributed by atoms with E-state index in [9.17, 15) is 4.79 Å². The van der Waals surface area contributed by atoms with Crippen LogP contribution >= 0.6 is 0 Å². The van der Waals surface area contributed by atoms with Crippen LogP contribution in [0.4, 0.5) is 4.79 Å². The molecule has 0 saturated carbocycles. The zero-order chi connectivity index (χ0) is 19.2. The minimum Gasteiger partial charge on any atom is -0.446 e. The number of nitrogens with zero attached hydrogens (tertiary/aromatic N) is 3. The van der Waals surface area contributed by atoms with E-state index in [1.165, 1.54) is 0 Å². The average molecular weight is 365 g/mol. The number of hydrogen-bond donors (Lipinski definition) is 1. The number of cyclic esters (lactones) is 1. The first kappa shape index (κ1) is 18.9. The molecule has 0 spiro atoms. The average Bonchev–Trinajstić information content (AvgIpc) is 2.72. The molecule has 1 saturated heterocycles. The molecule has 2 unspecified atom stereocenters. The van der Waals surface area contributed by atoms with E-state index in [1.54, 1.807) is 17.2 Å². The number of carbonyl (C=O) groups excluding carboxylic acids is 1. The van der Waals surface area contributed by atoms with Gasteiger partial charge in [0.05, 0.1) is 17.3 Å². The van der Waals surface area contributed by atoms with Crippen molar-refractivity contribution in [2.45, 2.75) is 38.3 Å². The van der Waals surface area contributed by atoms with E-state index in [1.807, 2.05) is 37.3 Å². The van der Waals surface area contributed by atoms with E-state index in [2.05, 4.69) is 11.1 Å². The summed E-state index contributed by atoms with van der Waals surface area (Å²) in [7, 11) is 0. The fourth-order valence-electron chi connectivity index (χ4n) is 3.26. The van der Waals surface area contributed by atoms with Gasteiger partial charge >= 0.3 is 6.09 Å². The van der Waals surface area contributed by atoms with Crippen LogP contribution in [0.15, 0.2) is 42.6 Å². The first-order valence-electron chi connectivity index (χ1n) is 9.17. The van der Waals surface area contributed by atoms with Crippen molar-refractivity contribution in [2.24, 2.45) is 0 Å². The first-order valence-corrected chi connectivity index (χ1v) is 9.17. The Morgan fingerprint density at radius 1 is 1.33 bits per heavy atom. The van der Waals surface area contributed by atoms with Crippen molar-refractivity contribution in [2.75, 3.05) is 13.2 Å². The fraction of sp³-hybridized carbons (Fsp3) is 0.381. The van der Waals surface area contributed by atoms with Crippen LogP contribution in [0.2, 0.25) is 0 Å². The van der Waals surface area contributed by atoms with Gasteiger partial charge in [0.1, 0.15) is 12.2 Å². The van der Waals surface area contributed by atoms with Gasteiger partial charge in [-0.2, -0.15) is 5.26 Å². The molecule has 27 heavy (non-hydrogen) atoms. The number of benzene rings is 1. The van der Waals surface area contributed by atoms with Gasteiger partial charge in [-0.3, -0.25) is 4.98 Å². The predicted octanol–water partition coefficient (Wildman–Crippen LogP) is 3.66. The van der Waals surface area contributed by atoms with Crippen LogP contribution in [0.25, 0.3) is 11.3 Å². The van der Waals surface area contributed by atoms with Crippen LogP contribution in [0.5, 0.6) is 0 Å². The SMILES string of the molecule is CC(c1ccc(-c2ccc(C#N)cn2)cc1)N1CCC(CCCO)OC1=O. The molecule has 2 aromatic rings. The maximum atomic E-state index is 12.3. The lowest BCUT2D eigenvalue weighted by Gasteiger charge is -2.35. The minimum absolute atomic E-state index is 0.0840. The Morgan fingerprint density at radius 3 is 2.70 bits per heavy atom. The molecule has 0 aliphatic carbocycles. The normalized spacial score (nSPS) is 17.9. The summed E-state index contributed by atoms with van der Waals surface area (Å²) in [6.45, 7) is 2.76. The topological polar surface area (TPSA) is 86.5 Å². The number of aliphatic hydroxyl groups is 1. The summed E-state index contributed by atoms with van der Waals surface area (Å²) >= 11 is 0. The molecule has 2 heterocycles. The molecular weight excluding hydrogens is 342 g/mol. The van der Waals surface area contributed by atoms with Gasteiger partial charge in [0.15, 0.2) is 0 Å². The summed E-state index contributed by atoms with van der Waals surface area (Å²) in [5.74, 6) is 0. The van der Waals surface area contributed by atoms with E-state index in [-0.39, 0.29) is 24.8 Å². The van der Waals surface area contributed by atoms with Gasteiger partial charge in [0.2, 0.25) is 0 Å². The van der Waals surface area contributed by atoms with E-state index in [0.29, 0.717) is 24.9 Å². The lowest BCUT2D eigenvalue weighted by Crippen LogP contribution is -2.43. The van der Waals surface area contributed by atoms with Gasteiger partial charge in [-0.05, 0) is 37.5 Å². The number of ether oxygens (including phenoxy) is 1. The highest BCUT2D eigenvalue weighted by molar-refractivity contribution is 5.69. The molecule has 1 fully saturated rings. The number of amides is 1. The van der Waals surface area contributed by atoms with Crippen molar-refractivity contribution in [3.05, 3.63) is 53.7 Å². The Hall–Kier alpha value is -2.91. The van der Waals surface area contributed by atoms with Crippen molar-refractivity contribution in [3.8, 4) is 17.3 Å². The van der Waals surface area contributed by atoms with Crippen LogP contribution in [0, 0.1) is 11.3 Å². The number of hydrogen-bond acceptors (Lipinski definition) is 5. The summed E-state index contributed by atoms with van der Waals surface area (Å²) in [5, 5.41) is 17.8. The predicted molar refractivity (Wildman–Crippen MR) is 101 cm³/mol. The number of aromatic nitrogens is 1. The van der Waals surface area contributed by atoms with Gasteiger partial charge < -0.3 is 14.7 Å². The van der Waals surface area contributed by atoms with Crippen molar-refractivity contribution >= 4 is 6.09 Å². The molecule has 1 aliphatic heterocycles. The number of rotatable bonds is 6. The van der Waals surface area contributed by atoms with Gasteiger partial charge in [0.25, 0.3) is 0 Å². The summed E-state index contributed by atoms with van der Waals surface area (Å²) in [6.07, 6.45) is 3.30. The van der Waals surface area contributed by atoms with E-state index in [4.69, 9.17) is 15.1 Å². The van der Waals surface area contributed by atoms with E-state index >= 15 is 0 Å². The van der Waals surface area contributed by atoms with Crippen molar-refractivity contribution in [1.82, 2.24) is 9.88 Å². The third kappa shape index (κ3) is 4.44. The Kier molecular flexibility index (Phi) is 6.05. The van der Waals surface area contributed by atoms with Gasteiger partial charge in [-0.15, -0.1) is 0 Å². The zero-order valence-electron chi connectivity index (χ0n) is 15.3. The molecule has 0 bridgehead atoms. The number of nitriles is 1. The molecule has 1 aromatic carbocycles. The maximum Gasteiger partial charge on any atom is 0.410 e. The molecule has 140 valence electrons. The van der Waals surface area contributed by atoms with Crippen LogP contribution in [-0.2, 0) is 4.74 Å². The smallest absolute Gasteiger partial charge is 0.410 e. The number of aliphatic hydroxyl groups excluding tert-OH is 1. The molecule has 1 amide bonds. The van der Waals surface area contributed by atoms with Crippen molar-refractivity contribution < 1.29 is 14.6 Å². The Bertz CT molecular complexity index is 812. The van der Waals surface area contributed by atoms with Crippen LogP contribution < -0.4 is 0 Å². The Balaban J connectivity index is 1.66. The van der Waals surface area contributed by atoms with Gasteiger partial charge in [0, 0.05) is 31.3 Å². The van der Waals surface area contributed by atoms with E-state index in [0.717, 1.165) is 23.2 Å². The number of pyridine rings is 1. The summed E-state index contributed by atoms with van der Waals surface area (Å²) in [4.78, 5) is 18.4. The lowest BCUT2D eigenvalue weighted by atomic mass is 10.0. The molecule has 3 rings (SSSR count). The molecule has 1 aliphatic rings. The molecule has 6 heteroatoms. The van der Waals surface area contributed by atoms with Crippen molar-refractivity contribution in [3.63, 3.8) is 0 Å². The molecule has 0 radical (unpaired) electrons. The quantitative estimate of drug-likeness (QED) is 0.844. The maximum absolute atomic E-state index is 12.3. The highest BCUT2D eigenvalue weighted by atomic mass is 16.6. The second kappa shape index (κ2) is 8.65. The lowest BCUT2D eigenvalue weighted by molar-refractivity contribution is 0.00760. The largest absolute Gasteiger partial charge is 0.446 e. The second-order valence-electron chi connectivity index (χ2n) is 6.70. The van der Waals surface area contributed by atoms with Gasteiger partial charge in [-0.25, -0.2) is 4.79 Å². The molecule has 2 atom stereocenters. The molecule has 6 nitrogen and oxygen atoms in total. The summed E-state index contributed by atoms with van der Waals surface area (Å²) in [5.41, 5.74) is 3.32. The Morgan fingerprint density at radius 2 is 2.11 bits per heavy atom. The Labute approximate surface area is 159 Å². The van der Waals surface area contributed by atoms with Crippen molar-refractivity contribution in [1.29, 1.82) is 5.26 Å². The fourth-order valence-corrected chi connectivity index (χ4v) is 3.26. The zero-order valence-corrected chi connectivity index (χ0v) is 15.3. The molecule has 1 aromatic heterocycles. The highest BCUT2D eigenvalue weighted by Crippen LogP contribution is 2.28. The first-order chi connectivity index (χ1) is 13.1. The third-order valence-corrected chi connectivity index (χ3v) is 4.93. The van der Waals surface area contributed by atoms with Gasteiger partial charge in [-0.1, -0.05) is 24.3 Å². The van der Waals surface area contributed by atoms with Crippen LogP contribution in [-0.4, -0.2) is 40.3 Å². The molecular formula is C21H23N3O3. The molecule has 1 N–H and O–H groups in total. The van der Waals surface area contributed by atoms with Crippen LogP contribution in [0.3, 0.4) is 0 Å². The van der Waals surface area contributed by atoms with Crippen LogP contribution in [0.1, 0.15) is 43.4 Å². The second-order valence-corrected chi connectivity index (χ2v) is 6.70. The third-order valence-electron chi connectivity index (χ3n) is 4.93. The minimum atomic E-state index is -0.297. The van der Waals surface area contributed by atoms with E-state index < -0.39 is 0 Å². The highest BCUT2D eigenvalue weighted by Gasteiger charge is 2.30.